The van der Waals surface area contributed by atoms with Gasteiger partial charge in [0.2, 0.25) is 0 Å². The second kappa shape index (κ2) is 3.22. The monoisotopic (exact) mass is 220 g/mol. The topological polar surface area (TPSA) is 0 Å². The van der Waals surface area contributed by atoms with Gasteiger partial charge >= 0.3 is 0 Å². The Hall–Kier alpha value is -1.56. The van der Waals surface area contributed by atoms with Crippen molar-refractivity contribution in [3.63, 3.8) is 0 Å². The molecule has 4 rings (SSSR count). The van der Waals surface area contributed by atoms with Gasteiger partial charge in [-0.05, 0) is 52.1 Å². The highest BCUT2D eigenvalue weighted by Gasteiger charge is 2.40. The van der Waals surface area contributed by atoms with Gasteiger partial charge in [0.15, 0.2) is 0 Å². The minimum Gasteiger partial charge on any atom is -0.0802 e. The Labute approximate surface area is 102 Å². The molecular formula is C17H16. The van der Waals surface area contributed by atoms with Crippen LogP contribution in [0, 0.1) is 5.92 Å². The van der Waals surface area contributed by atoms with Gasteiger partial charge in [0.05, 0.1) is 0 Å². The molecule has 0 nitrogen and oxygen atoms in total. The fourth-order valence-electron chi connectivity index (χ4n) is 3.33. The predicted molar refractivity (Wildman–Crippen MR) is 73.2 cm³/mol. The number of aryl methyl sites for hydroxylation is 1. The lowest BCUT2D eigenvalue weighted by molar-refractivity contribution is 1.00. The minimum absolute atomic E-state index is 0.811. The van der Waals surface area contributed by atoms with Crippen molar-refractivity contribution in [1.82, 2.24) is 0 Å². The van der Waals surface area contributed by atoms with Crippen LogP contribution >= 0.6 is 0 Å². The van der Waals surface area contributed by atoms with Gasteiger partial charge in [-0.25, -0.2) is 0 Å². The third-order valence-electron chi connectivity index (χ3n) is 4.32. The molecule has 0 radical (unpaired) electrons. The highest BCUT2D eigenvalue weighted by atomic mass is 14.4. The van der Waals surface area contributed by atoms with E-state index in [0.29, 0.717) is 0 Å². The zero-order valence-electron chi connectivity index (χ0n) is 10.1. The van der Waals surface area contributed by atoms with Crippen LogP contribution in [0.4, 0.5) is 0 Å². The van der Waals surface area contributed by atoms with Gasteiger partial charge in [-0.3, -0.25) is 0 Å². The zero-order chi connectivity index (χ0) is 11.4. The molecule has 0 bridgehead atoms. The first-order chi connectivity index (χ1) is 8.38. The number of allylic oxidation sites excluding steroid dienone is 1. The molecule has 0 N–H and O–H groups in total. The number of rotatable bonds is 1. The van der Waals surface area contributed by atoms with Crippen molar-refractivity contribution in [2.75, 3.05) is 0 Å². The first-order valence-corrected chi connectivity index (χ1v) is 6.61. The second-order valence-corrected chi connectivity index (χ2v) is 5.30. The standard InChI is InChI=1S/C17H16/c1-2-11-9-13-8-7-12-10-16(12)17(13)15-6-4-3-5-14(11)15/h3-9,12,16H,2,10H2,1H3. The number of fused-ring (bicyclic) bond motifs is 5. The van der Waals surface area contributed by atoms with Crippen molar-refractivity contribution < 1.29 is 0 Å². The summed E-state index contributed by atoms with van der Waals surface area (Å²) in [6.45, 7) is 2.25. The molecule has 84 valence electrons. The normalized spacial score (nSPS) is 24.5. The smallest absolute Gasteiger partial charge is 0.00808 e. The van der Waals surface area contributed by atoms with Gasteiger partial charge < -0.3 is 0 Å². The molecule has 0 saturated heterocycles. The summed E-state index contributed by atoms with van der Waals surface area (Å²) in [7, 11) is 0. The SMILES string of the molecule is CCc1cc2c(c3ccccc13)C1CC1C=C2. The summed E-state index contributed by atoms with van der Waals surface area (Å²) in [6.07, 6.45) is 7.23. The highest BCUT2D eigenvalue weighted by molar-refractivity contribution is 5.93. The lowest BCUT2D eigenvalue weighted by Crippen LogP contribution is -1.97. The molecule has 2 aromatic rings. The van der Waals surface area contributed by atoms with Crippen molar-refractivity contribution in [2.45, 2.75) is 25.7 Å². The molecule has 0 amide bonds. The third-order valence-corrected chi connectivity index (χ3v) is 4.32. The Morgan fingerprint density at radius 1 is 1.18 bits per heavy atom. The zero-order valence-corrected chi connectivity index (χ0v) is 10.1. The summed E-state index contributed by atoms with van der Waals surface area (Å²) in [6, 6.07) is 11.3. The van der Waals surface area contributed by atoms with Crippen LogP contribution in [0.1, 0.15) is 36.0 Å². The highest BCUT2D eigenvalue weighted by Crippen LogP contribution is 2.54. The van der Waals surface area contributed by atoms with Gasteiger partial charge in [0.25, 0.3) is 0 Å². The van der Waals surface area contributed by atoms with Crippen LogP contribution in [0.15, 0.2) is 36.4 Å². The van der Waals surface area contributed by atoms with Crippen molar-refractivity contribution >= 4 is 16.8 Å². The lowest BCUT2D eigenvalue weighted by Gasteiger charge is -2.16. The van der Waals surface area contributed by atoms with Crippen LogP contribution in [0.3, 0.4) is 0 Å². The molecule has 2 unspecified atom stereocenters. The van der Waals surface area contributed by atoms with E-state index < -0.39 is 0 Å². The van der Waals surface area contributed by atoms with Crippen molar-refractivity contribution in [3.05, 3.63) is 53.1 Å². The van der Waals surface area contributed by atoms with Crippen molar-refractivity contribution in [2.24, 2.45) is 5.92 Å². The van der Waals surface area contributed by atoms with E-state index in [1.165, 1.54) is 28.3 Å². The molecule has 2 aliphatic carbocycles. The summed E-state index contributed by atoms with van der Waals surface area (Å²) in [5.41, 5.74) is 4.58. The quantitative estimate of drug-likeness (QED) is 0.662. The Morgan fingerprint density at radius 3 is 2.82 bits per heavy atom. The van der Waals surface area contributed by atoms with Crippen molar-refractivity contribution in [1.29, 1.82) is 0 Å². The maximum absolute atomic E-state index is 2.41. The third kappa shape index (κ3) is 1.24. The summed E-state index contributed by atoms with van der Waals surface area (Å²) in [5.74, 6) is 1.64. The maximum Gasteiger partial charge on any atom is -0.00808 e. The fraction of sp³-hybridized carbons (Fsp3) is 0.294. The molecule has 0 spiro atoms. The summed E-state index contributed by atoms with van der Waals surface area (Å²) in [4.78, 5) is 0. The molecule has 2 aliphatic rings. The molecule has 0 heterocycles. The van der Waals surface area contributed by atoms with Crippen LogP contribution in [-0.2, 0) is 6.42 Å². The Balaban J connectivity index is 2.13. The van der Waals surface area contributed by atoms with Gasteiger partial charge in [-0.1, -0.05) is 49.4 Å². The average Bonchev–Trinajstić information content (AvgIpc) is 3.16. The van der Waals surface area contributed by atoms with Gasteiger partial charge in [0.1, 0.15) is 0 Å². The summed E-state index contributed by atoms with van der Waals surface area (Å²) < 4.78 is 0. The molecule has 17 heavy (non-hydrogen) atoms. The number of hydrogen-bond donors (Lipinski definition) is 0. The molecule has 0 heteroatoms. The maximum atomic E-state index is 2.41. The Kier molecular flexibility index (Phi) is 1.80. The van der Waals surface area contributed by atoms with E-state index in [9.17, 15) is 0 Å². The van der Waals surface area contributed by atoms with E-state index in [1.807, 2.05) is 0 Å². The van der Waals surface area contributed by atoms with Gasteiger partial charge in [-0.2, -0.15) is 0 Å². The van der Waals surface area contributed by atoms with E-state index in [1.54, 1.807) is 5.56 Å². The van der Waals surface area contributed by atoms with Crippen LogP contribution in [0.5, 0.6) is 0 Å². The molecular weight excluding hydrogens is 204 g/mol. The molecule has 2 aromatic carbocycles. The predicted octanol–water partition coefficient (Wildman–Crippen LogP) is 4.53. The van der Waals surface area contributed by atoms with E-state index >= 15 is 0 Å². The van der Waals surface area contributed by atoms with Crippen LogP contribution in [0.2, 0.25) is 0 Å². The van der Waals surface area contributed by atoms with Crippen LogP contribution in [0.25, 0.3) is 16.8 Å². The largest absolute Gasteiger partial charge is 0.0802 e. The van der Waals surface area contributed by atoms with E-state index in [2.05, 4.69) is 49.4 Å². The van der Waals surface area contributed by atoms with Crippen molar-refractivity contribution in [3.8, 4) is 0 Å². The van der Waals surface area contributed by atoms with E-state index in [0.717, 1.165) is 18.3 Å². The van der Waals surface area contributed by atoms with Crippen LogP contribution in [-0.4, -0.2) is 0 Å². The first kappa shape index (κ1) is 9.47. The van der Waals surface area contributed by atoms with Gasteiger partial charge in [0, 0.05) is 0 Å². The van der Waals surface area contributed by atoms with Crippen LogP contribution < -0.4 is 0 Å². The second-order valence-electron chi connectivity index (χ2n) is 5.30. The van der Waals surface area contributed by atoms with Gasteiger partial charge in [-0.15, -0.1) is 0 Å². The number of hydrogen-bond acceptors (Lipinski definition) is 0. The summed E-state index contributed by atoms with van der Waals surface area (Å²) in [5, 5.41) is 2.97. The molecule has 0 aromatic heterocycles. The first-order valence-electron chi connectivity index (χ1n) is 6.61. The molecule has 0 aliphatic heterocycles. The Bertz CT molecular complexity index is 634. The molecule has 1 fully saturated rings. The minimum atomic E-state index is 0.811. The fourth-order valence-corrected chi connectivity index (χ4v) is 3.33. The Morgan fingerprint density at radius 2 is 2.00 bits per heavy atom. The number of benzene rings is 2. The molecule has 2 atom stereocenters. The average molecular weight is 220 g/mol. The lowest BCUT2D eigenvalue weighted by atomic mass is 9.88. The van der Waals surface area contributed by atoms with E-state index in [-0.39, 0.29) is 0 Å². The molecule has 1 saturated carbocycles. The summed E-state index contributed by atoms with van der Waals surface area (Å²) >= 11 is 0. The van der Waals surface area contributed by atoms with E-state index in [4.69, 9.17) is 0 Å².